The molecule has 0 fully saturated rings. The van der Waals surface area contributed by atoms with Crippen LogP contribution in [0.2, 0.25) is 0 Å². The van der Waals surface area contributed by atoms with E-state index in [0.29, 0.717) is 5.69 Å². The van der Waals surface area contributed by atoms with Crippen molar-refractivity contribution in [1.29, 1.82) is 0 Å². The Kier molecular flexibility index (Phi) is 2.14. The van der Waals surface area contributed by atoms with Gasteiger partial charge in [-0.2, -0.15) is 0 Å². The van der Waals surface area contributed by atoms with Crippen LogP contribution in [0.4, 0.5) is 5.69 Å². The van der Waals surface area contributed by atoms with Crippen LogP contribution in [0.1, 0.15) is 7.13 Å². The standard InChI is InChI=1S/C10H10N2O3S/c1-7-10(6-12-15-7)16(13,14)9-4-2-8(11)3-5-9/h2-6H,11H2,1H3/i6D. The molecule has 6 heteroatoms. The van der Waals surface area contributed by atoms with Gasteiger partial charge in [-0.15, -0.1) is 0 Å². The third kappa shape index (κ3) is 1.67. The number of anilines is 1. The number of aryl methyl sites for hydroxylation is 1. The van der Waals surface area contributed by atoms with Crippen LogP contribution in [-0.4, -0.2) is 13.6 Å². The molecule has 16 heavy (non-hydrogen) atoms. The summed E-state index contributed by atoms with van der Waals surface area (Å²) >= 11 is 0. The van der Waals surface area contributed by atoms with Crippen LogP contribution < -0.4 is 5.73 Å². The summed E-state index contributed by atoms with van der Waals surface area (Å²) < 4.78 is 36.5. The first-order chi connectivity index (χ1) is 7.93. The van der Waals surface area contributed by atoms with Gasteiger partial charge in [0.1, 0.15) is 4.90 Å². The molecule has 5 nitrogen and oxygen atoms in total. The number of nitrogens with zero attached hydrogens (tertiary/aromatic N) is 1. The Labute approximate surface area is 94.2 Å². The minimum Gasteiger partial charge on any atom is -0.399 e. The first kappa shape index (κ1) is 9.41. The molecule has 1 heterocycles. The molecule has 0 aliphatic rings. The molecule has 1 aromatic heterocycles. The summed E-state index contributed by atoms with van der Waals surface area (Å²) in [4.78, 5) is -0.145. The molecule has 84 valence electrons. The van der Waals surface area contributed by atoms with E-state index in [1.54, 1.807) is 0 Å². The van der Waals surface area contributed by atoms with Gasteiger partial charge in [0.25, 0.3) is 0 Å². The van der Waals surface area contributed by atoms with Crippen molar-refractivity contribution in [3.05, 3.63) is 36.2 Å². The van der Waals surface area contributed by atoms with Crippen LogP contribution in [0.5, 0.6) is 0 Å². The average Bonchev–Trinajstić information content (AvgIpc) is 2.59. The molecule has 0 spiro atoms. The molecule has 1 aromatic carbocycles. The van der Waals surface area contributed by atoms with Gasteiger partial charge in [0.2, 0.25) is 9.84 Å². The predicted octanol–water partition coefficient (Wildman–Crippen LogP) is 1.40. The lowest BCUT2D eigenvalue weighted by molar-refractivity contribution is 0.394. The number of sulfone groups is 1. The predicted molar refractivity (Wildman–Crippen MR) is 57.5 cm³/mol. The Morgan fingerprint density at radius 1 is 1.38 bits per heavy atom. The Morgan fingerprint density at radius 3 is 2.50 bits per heavy atom. The molecule has 0 atom stereocenters. The Morgan fingerprint density at radius 2 is 2.00 bits per heavy atom. The average molecular weight is 239 g/mol. The second-order valence-electron chi connectivity index (χ2n) is 3.25. The lowest BCUT2D eigenvalue weighted by Gasteiger charge is -2.02. The highest BCUT2D eigenvalue weighted by Gasteiger charge is 2.22. The lowest BCUT2D eigenvalue weighted by atomic mass is 10.3. The Bertz CT molecular complexity index is 627. The molecular weight excluding hydrogens is 228 g/mol. The van der Waals surface area contributed by atoms with Crippen LogP contribution in [0, 0.1) is 6.92 Å². The van der Waals surface area contributed by atoms with Crippen LogP contribution in [-0.2, 0) is 9.84 Å². The van der Waals surface area contributed by atoms with Crippen molar-refractivity contribution in [2.45, 2.75) is 16.7 Å². The monoisotopic (exact) mass is 239 g/mol. The van der Waals surface area contributed by atoms with Gasteiger partial charge in [0.15, 0.2) is 5.76 Å². The summed E-state index contributed by atoms with van der Waals surface area (Å²) in [7, 11) is -3.77. The molecule has 2 rings (SSSR count). The van der Waals surface area contributed by atoms with Gasteiger partial charge in [-0.05, 0) is 31.2 Å². The first-order valence-corrected chi connectivity index (χ1v) is 5.95. The van der Waals surface area contributed by atoms with E-state index in [2.05, 4.69) is 9.68 Å². The number of hydrogen-bond donors (Lipinski definition) is 1. The normalized spacial score (nSPS) is 12.4. The molecule has 0 radical (unpaired) electrons. The van der Waals surface area contributed by atoms with E-state index >= 15 is 0 Å². The fraction of sp³-hybridized carbons (Fsp3) is 0.100. The van der Waals surface area contributed by atoms with Crippen molar-refractivity contribution in [2.75, 3.05) is 5.73 Å². The number of rotatable bonds is 2. The first-order valence-electron chi connectivity index (χ1n) is 4.96. The minimum absolute atomic E-state index is 0.0616. The minimum atomic E-state index is -3.77. The van der Waals surface area contributed by atoms with Crippen LogP contribution >= 0.6 is 0 Å². The van der Waals surface area contributed by atoms with E-state index in [1.165, 1.54) is 31.2 Å². The van der Waals surface area contributed by atoms with Crippen molar-refractivity contribution in [1.82, 2.24) is 5.16 Å². The smallest absolute Gasteiger partial charge is 0.211 e. The van der Waals surface area contributed by atoms with Gasteiger partial charge >= 0.3 is 0 Å². The van der Waals surface area contributed by atoms with Gasteiger partial charge in [0, 0.05) is 5.69 Å². The summed E-state index contributed by atoms with van der Waals surface area (Å²) in [6.45, 7) is 1.45. The van der Waals surface area contributed by atoms with Gasteiger partial charge in [-0.1, -0.05) is 5.16 Å². The third-order valence-electron chi connectivity index (χ3n) is 2.11. The van der Waals surface area contributed by atoms with E-state index in [0.717, 1.165) is 0 Å². The summed E-state index contributed by atoms with van der Waals surface area (Å²) in [6.07, 6.45) is -0.390. The van der Waals surface area contributed by atoms with Gasteiger partial charge < -0.3 is 10.3 Å². The topological polar surface area (TPSA) is 86.2 Å². The number of benzene rings is 1. The van der Waals surface area contributed by atoms with Crippen molar-refractivity contribution < 1.29 is 14.3 Å². The number of nitrogen functional groups attached to an aromatic ring is 1. The van der Waals surface area contributed by atoms with Crippen molar-refractivity contribution in [3.8, 4) is 0 Å². The zero-order valence-electron chi connectivity index (χ0n) is 9.47. The highest BCUT2D eigenvalue weighted by atomic mass is 32.2. The van der Waals surface area contributed by atoms with Crippen molar-refractivity contribution >= 4 is 15.5 Å². The molecule has 0 saturated carbocycles. The molecule has 0 aliphatic carbocycles. The zero-order valence-corrected chi connectivity index (χ0v) is 9.28. The highest BCUT2D eigenvalue weighted by Crippen LogP contribution is 2.23. The van der Waals surface area contributed by atoms with Gasteiger partial charge in [-0.3, -0.25) is 0 Å². The second-order valence-corrected chi connectivity index (χ2v) is 5.14. The maximum absolute atomic E-state index is 12.2. The van der Waals surface area contributed by atoms with Crippen LogP contribution in [0.3, 0.4) is 0 Å². The van der Waals surface area contributed by atoms with E-state index in [1.807, 2.05) is 0 Å². The fourth-order valence-electron chi connectivity index (χ4n) is 1.27. The molecule has 2 aromatic rings. The molecule has 0 bridgehead atoms. The molecule has 2 N–H and O–H groups in total. The summed E-state index contributed by atoms with van der Waals surface area (Å²) in [5.41, 5.74) is 5.96. The molecule has 0 aliphatic heterocycles. The van der Waals surface area contributed by atoms with Gasteiger partial charge in [0.05, 0.1) is 12.4 Å². The SMILES string of the molecule is [2H]c1noc(C)c1S(=O)(=O)c1ccc(N)cc1. The second kappa shape index (κ2) is 3.64. The van der Waals surface area contributed by atoms with Crippen molar-refractivity contribution in [3.63, 3.8) is 0 Å². The number of nitrogens with two attached hydrogens (primary N) is 1. The fourth-order valence-corrected chi connectivity index (χ4v) is 2.57. The number of hydrogen-bond acceptors (Lipinski definition) is 5. The summed E-state index contributed by atoms with van der Waals surface area (Å²) in [5.74, 6) is 0.104. The van der Waals surface area contributed by atoms with E-state index in [4.69, 9.17) is 7.10 Å². The lowest BCUT2D eigenvalue weighted by Crippen LogP contribution is -2.02. The Hall–Kier alpha value is -1.82. The largest absolute Gasteiger partial charge is 0.399 e. The molecular formula is C10H10N2O3S. The zero-order chi connectivity index (χ0) is 12.6. The van der Waals surface area contributed by atoms with Crippen LogP contribution in [0.25, 0.3) is 0 Å². The maximum Gasteiger partial charge on any atom is 0.211 e. The third-order valence-corrected chi connectivity index (χ3v) is 3.92. The number of aromatic nitrogens is 1. The van der Waals surface area contributed by atoms with Crippen LogP contribution in [0.15, 0.2) is 44.8 Å². The van der Waals surface area contributed by atoms with E-state index in [9.17, 15) is 8.42 Å². The molecule has 0 saturated heterocycles. The van der Waals surface area contributed by atoms with Gasteiger partial charge in [-0.25, -0.2) is 8.42 Å². The summed E-state index contributed by atoms with van der Waals surface area (Å²) in [5, 5.41) is 3.31. The quantitative estimate of drug-likeness (QED) is 0.800. The van der Waals surface area contributed by atoms with Crippen molar-refractivity contribution in [2.24, 2.45) is 0 Å². The molecule has 0 amide bonds. The van der Waals surface area contributed by atoms with E-state index < -0.39 is 9.84 Å². The Balaban J connectivity index is 2.62. The maximum atomic E-state index is 12.2. The summed E-state index contributed by atoms with van der Waals surface area (Å²) in [6, 6.07) is 5.74. The molecule has 0 unspecified atom stereocenters. The highest BCUT2D eigenvalue weighted by molar-refractivity contribution is 7.91. The van der Waals surface area contributed by atoms with E-state index in [-0.39, 0.29) is 21.7 Å².